The van der Waals surface area contributed by atoms with Crippen LogP contribution in [0.4, 0.5) is 0 Å². The molecule has 3 heteroatoms. The predicted molar refractivity (Wildman–Crippen MR) is 91.6 cm³/mol. The number of nitrogens with one attached hydrogen (secondary N) is 2. The fourth-order valence-electron chi connectivity index (χ4n) is 2.26. The van der Waals surface area contributed by atoms with Crippen LogP contribution >= 0.6 is 12.2 Å². The summed E-state index contributed by atoms with van der Waals surface area (Å²) >= 11 is 5.29. The van der Waals surface area contributed by atoms with Crippen LogP contribution < -0.4 is 10.6 Å². The monoisotopic (exact) mass is 292 g/mol. The fourth-order valence-corrected chi connectivity index (χ4v) is 2.50. The number of rotatable bonds is 3. The Kier molecular flexibility index (Phi) is 4.12. The molecule has 0 radical (unpaired) electrons. The summed E-state index contributed by atoms with van der Waals surface area (Å²) in [6.07, 6.45) is 6.28. The third kappa shape index (κ3) is 3.58. The zero-order chi connectivity index (χ0) is 14.5. The molecule has 0 amide bonds. The summed E-state index contributed by atoms with van der Waals surface area (Å²) < 4.78 is 0. The van der Waals surface area contributed by atoms with Crippen molar-refractivity contribution in [3.05, 3.63) is 89.6 Å². The SMILES string of the molecule is S=C1NC(C=Cc2ccccc2)=CC(c2ccccc2)N1. The van der Waals surface area contributed by atoms with Crippen molar-refractivity contribution in [2.75, 3.05) is 0 Å². The minimum Gasteiger partial charge on any atom is -0.352 e. The largest absolute Gasteiger partial charge is 0.352 e. The Labute approximate surface area is 130 Å². The van der Waals surface area contributed by atoms with E-state index in [-0.39, 0.29) is 6.04 Å². The number of thiocarbonyl (C=S) groups is 1. The number of allylic oxidation sites excluding steroid dienone is 1. The van der Waals surface area contributed by atoms with Crippen molar-refractivity contribution in [3.8, 4) is 0 Å². The summed E-state index contributed by atoms with van der Waals surface area (Å²) in [5.74, 6) is 0. The van der Waals surface area contributed by atoms with E-state index in [0.29, 0.717) is 5.11 Å². The standard InChI is InChI=1S/C18H16N2S/c21-18-19-16(12-11-14-7-3-1-4-8-14)13-17(20-18)15-9-5-2-6-10-15/h1-13,17H,(H2,19,20,21). The van der Waals surface area contributed by atoms with Crippen molar-refractivity contribution in [1.29, 1.82) is 0 Å². The molecular formula is C18H16N2S. The molecule has 1 unspecified atom stereocenters. The van der Waals surface area contributed by atoms with Crippen LogP contribution in [0.2, 0.25) is 0 Å². The summed E-state index contributed by atoms with van der Waals surface area (Å²) in [7, 11) is 0. The molecule has 0 saturated heterocycles. The first kappa shape index (κ1) is 13.6. The number of benzene rings is 2. The van der Waals surface area contributed by atoms with E-state index in [1.807, 2.05) is 36.4 Å². The highest BCUT2D eigenvalue weighted by Gasteiger charge is 2.15. The van der Waals surface area contributed by atoms with Gasteiger partial charge in [0.2, 0.25) is 0 Å². The van der Waals surface area contributed by atoms with Crippen molar-refractivity contribution in [1.82, 2.24) is 10.6 Å². The van der Waals surface area contributed by atoms with Gasteiger partial charge in [-0.3, -0.25) is 0 Å². The molecule has 2 aromatic carbocycles. The molecule has 104 valence electrons. The Bertz CT molecular complexity index is 675. The van der Waals surface area contributed by atoms with E-state index in [9.17, 15) is 0 Å². The van der Waals surface area contributed by atoms with Gasteiger partial charge in [0, 0.05) is 5.70 Å². The first-order valence-corrected chi connectivity index (χ1v) is 7.29. The smallest absolute Gasteiger partial charge is 0.171 e. The first-order chi connectivity index (χ1) is 10.3. The van der Waals surface area contributed by atoms with Gasteiger partial charge in [-0.25, -0.2) is 0 Å². The first-order valence-electron chi connectivity index (χ1n) is 6.89. The zero-order valence-electron chi connectivity index (χ0n) is 11.5. The van der Waals surface area contributed by atoms with Crippen LogP contribution in [0.15, 0.2) is 78.5 Å². The lowest BCUT2D eigenvalue weighted by Crippen LogP contribution is -2.40. The molecule has 21 heavy (non-hydrogen) atoms. The fraction of sp³-hybridized carbons (Fsp3) is 0.0556. The maximum absolute atomic E-state index is 5.29. The van der Waals surface area contributed by atoms with E-state index in [4.69, 9.17) is 12.2 Å². The third-order valence-corrected chi connectivity index (χ3v) is 3.52. The second-order valence-corrected chi connectivity index (χ2v) is 5.26. The summed E-state index contributed by atoms with van der Waals surface area (Å²) in [4.78, 5) is 0. The molecule has 2 aromatic rings. The van der Waals surface area contributed by atoms with E-state index in [1.54, 1.807) is 0 Å². The molecule has 3 rings (SSSR count). The van der Waals surface area contributed by atoms with Crippen molar-refractivity contribution < 1.29 is 0 Å². The highest BCUT2D eigenvalue weighted by atomic mass is 32.1. The Balaban J connectivity index is 1.82. The molecule has 1 aliphatic rings. The molecule has 1 aliphatic heterocycles. The zero-order valence-corrected chi connectivity index (χ0v) is 12.3. The van der Waals surface area contributed by atoms with Crippen LogP contribution in [-0.4, -0.2) is 5.11 Å². The Morgan fingerprint density at radius 2 is 1.52 bits per heavy atom. The van der Waals surface area contributed by atoms with E-state index >= 15 is 0 Å². The van der Waals surface area contributed by atoms with Gasteiger partial charge in [-0.05, 0) is 35.5 Å². The normalized spacial score (nSPS) is 18.0. The molecule has 0 fully saturated rings. The lowest BCUT2D eigenvalue weighted by molar-refractivity contribution is 0.746. The average molecular weight is 292 g/mol. The topological polar surface area (TPSA) is 24.1 Å². The number of hydrogen-bond acceptors (Lipinski definition) is 1. The molecule has 0 aromatic heterocycles. The van der Waals surface area contributed by atoms with Gasteiger partial charge in [-0.1, -0.05) is 66.7 Å². The molecule has 1 heterocycles. The highest BCUT2D eigenvalue weighted by Crippen LogP contribution is 2.19. The van der Waals surface area contributed by atoms with Crippen molar-refractivity contribution in [3.63, 3.8) is 0 Å². The Morgan fingerprint density at radius 1 is 0.857 bits per heavy atom. The second-order valence-electron chi connectivity index (χ2n) is 4.85. The Morgan fingerprint density at radius 3 is 2.24 bits per heavy atom. The second kappa shape index (κ2) is 6.37. The summed E-state index contributed by atoms with van der Waals surface area (Å²) in [6, 6.07) is 20.6. The lowest BCUT2D eigenvalue weighted by atomic mass is 10.0. The molecular weight excluding hydrogens is 276 g/mol. The van der Waals surface area contributed by atoms with Crippen LogP contribution in [-0.2, 0) is 0 Å². The van der Waals surface area contributed by atoms with Crippen LogP contribution in [0.1, 0.15) is 17.2 Å². The van der Waals surface area contributed by atoms with Crippen LogP contribution in [0.3, 0.4) is 0 Å². The van der Waals surface area contributed by atoms with Crippen LogP contribution in [0.25, 0.3) is 6.08 Å². The van der Waals surface area contributed by atoms with E-state index < -0.39 is 0 Å². The minimum atomic E-state index is 0.107. The quantitative estimate of drug-likeness (QED) is 0.841. The van der Waals surface area contributed by atoms with Crippen LogP contribution in [0, 0.1) is 0 Å². The summed E-state index contributed by atoms with van der Waals surface area (Å²) in [5, 5.41) is 7.10. The maximum atomic E-state index is 5.29. The van der Waals surface area contributed by atoms with Crippen molar-refractivity contribution in [2.24, 2.45) is 0 Å². The van der Waals surface area contributed by atoms with Gasteiger partial charge in [0.05, 0.1) is 6.04 Å². The van der Waals surface area contributed by atoms with Crippen molar-refractivity contribution >= 4 is 23.4 Å². The van der Waals surface area contributed by atoms with Gasteiger partial charge in [0.1, 0.15) is 0 Å². The van der Waals surface area contributed by atoms with E-state index in [2.05, 4.69) is 53.1 Å². The molecule has 1 atom stereocenters. The molecule has 2 nitrogen and oxygen atoms in total. The van der Waals surface area contributed by atoms with Gasteiger partial charge >= 0.3 is 0 Å². The van der Waals surface area contributed by atoms with Gasteiger partial charge in [0.25, 0.3) is 0 Å². The van der Waals surface area contributed by atoms with E-state index in [0.717, 1.165) is 5.70 Å². The maximum Gasteiger partial charge on any atom is 0.171 e. The predicted octanol–water partition coefficient (Wildman–Crippen LogP) is 3.80. The number of hydrogen-bond donors (Lipinski definition) is 2. The lowest BCUT2D eigenvalue weighted by Gasteiger charge is -2.24. The van der Waals surface area contributed by atoms with Gasteiger partial charge in [-0.2, -0.15) is 0 Å². The summed E-state index contributed by atoms with van der Waals surface area (Å²) in [5.41, 5.74) is 3.38. The molecule has 0 saturated carbocycles. The highest BCUT2D eigenvalue weighted by molar-refractivity contribution is 7.80. The van der Waals surface area contributed by atoms with Gasteiger partial charge in [-0.15, -0.1) is 0 Å². The van der Waals surface area contributed by atoms with E-state index in [1.165, 1.54) is 11.1 Å². The average Bonchev–Trinajstić information content (AvgIpc) is 2.54. The summed E-state index contributed by atoms with van der Waals surface area (Å²) in [6.45, 7) is 0. The van der Waals surface area contributed by atoms with Gasteiger partial charge < -0.3 is 10.6 Å². The molecule has 0 bridgehead atoms. The van der Waals surface area contributed by atoms with Crippen molar-refractivity contribution in [2.45, 2.75) is 6.04 Å². The molecule has 2 N–H and O–H groups in total. The Hall–Kier alpha value is -2.39. The molecule has 0 aliphatic carbocycles. The van der Waals surface area contributed by atoms with Gasteiger partial charge in [0.15, 0.2) is 5.11 Å². The molecule has 0 spiro atoms. The minimum absolute atomic E-state index is 0.107. The third-order valence-electron chi connectivity index (χ3n) is 3.30. The van der Waals surface area contributed by atoms with Crippen LogP contribution in [0.5, 0.6) is 0 Å².